The number of benzene rings is 1. The molecule has 1 N–H and O–H groups in total. The molecular formula is C16H24N2O2. The molecule has 1 fully saturated rings. The first kappa shape index (κ1) is 15.0. The zero-order valence-electron chi connectivity index (χ0n) is 12.6. The third kappa shape index (κ3) is 3.38. The summed E-state index contributed by atoms with van der Waals surface area (Å²) in [4.78, 5) is 15.0. The second-order valence-electron chi connectivity index (χ2n) is 5.26. The number of piperazine rings is 1. The largest absolute Gasteiger partial charge is 0.493 e. The number of carbonyl (C=O) groups excluding carboxylic acids is 1. The Morgan fingerprint density at radius 1 is 1.40 bits per heavy atom. The van der Waals surface area contributed by atoms with E-state index in [4.69, 9.17) is 4.74 Å². The quantitative estimate of drug-likeness (QED) is 0.834. The van der Waals surface area contributed by atoms with Crippen LogP contribution in [0.15, 0.2) is 18.2 Å². The molecule has 1 aromatic rings. The molecule has 1 aliphatic heterocycles. The van der Waals surface area contributed by atoms with Gasteiger partial charge in [-0.3, -0.25) is 9.69 Å². The smallest absolute Gasteiger partial charge is 0.183 e. The SMILES string of the molecule is CCOc1ccc(C)cc1C(=O)C(C)N1CCNCC1. The molecule has 0 bridgehead atoms. The zero-order valence-corrected chi connectivity index (χ0v) is 12.6. The lowest BCUT2D eigenvalue weighted by Crippen LogP contribution is -2.50. The maximum absolute atomic E-state index is 12.7. The molecule has 1 unspecified atom stereocenters. The van der Waals surface area contributed by atoms with Crippen LogP contribution >= 0.6 is 0 Å². The predicted molar refractivity (Wildman–Crippen MR) is 80.6 cm³/mol. The average molecular weight is 276 g/mol. The van der Waals surface area contributed by atoms with Crippen molar-refractivity contribution in [2.75, 3.05) is 32.8 Å². The number of aryl methyl sites for hydroxylation is 1. The van der Waals surface area contributed by atoms with E-state index in [0.717, 1.165) is 31.7 Å². The van der Waals surface area contributed by atoms with Crippen LogP contribution in [0.25, 0.3) is 0 Å². The molecule has 0 aromatic heterocycles. The van der Waals surface area contributed by atoms with E-state index in [2.05, 4.69) is 10.2 Å². The molecule has 0 spiro atoms. The van der Waals surface area contributed by atoms with E-state index >= 15 is 0 Å². The Bertz CT molecular complexity index is 468. The number of rotatable bonds is 5. The van der Waals surface area contributed by atoms with Crippen molar-refractivity contribution in [1.82, 2.24) is 10.2 Å². The molecule has 4 heteroatoms. The summed E-state index contributed by atoms with van der Waals surface area (Å²) < 4.78 is 5.60. The summed E-state index contributed by atoms with van der Waals surface area (Å²) >= 11 is 0. The number of ether oxygens (including phenoxy) is 1. The Balaban J connectivity index is 2.20. The molecule has 0 amide bonds. The molecule has 1 atom stereocenters. The summed E-state index contributed by atoms with van der Waals surface area (Å²) in [6.07, 6.45) is 0. The molecule has 1 saturated heterocycles. The van der Waals surface area contributed by atoms with Crippen LogP contribution in [-0.2, 0) is 0 Å². The van der Waals surface area contributed by atoms with Crippen molar-refractivity contribution in [3.05, 3.63) is 29.3 Å². The first-order valence-corrected chi connectivity index (χ1v) is 7.36. The van der Waals surface area contributed by atoms with E-state index in [1.807, 2.05) is 39.0 Å². The van der Waals surface area contributed by atoms with Crippen molar-refractivity contribution in [3.8, 4) is 5.75 Å². The monoisotopic (exact) mass is 276 g/mol. The van der Waals surface area contributed by atoms with Gasteiger partial charge in [-0.2, -0.15) is 0 Å². The van der Waals surface area contributed by atoms with Crippen LogP contribution < -0.4 is 10.1 Å². The normalized spacial score (nSPS) is 17.8. The van der Waals surface area contributed by atoms with Gasteiger partial charge in [0, 0.05) is 26.2 Å². The number of ketones is 1. The Morgan fingerprint density at radius 2 is 2.10 bits per heavy atom. The van der Waals surface area contributed by atoms with Crippen molar-refractivity contribution in [1.29, 1.82) is 0 Å². The topological polar surface area (TPSA) is 41.6 Å². The molecule has 1 aliphatic rings. The first-order chi connectivity index (χ1) is 9.63. The van der Waals surface area contributed by atoms with Gasteiger partial charge in [0.25, 0.3) is 0 Å². The van der Waals surface area contributed by atoms with Crippen molar-refractivity contribution in [3.63, 3.8) is 0 Å². The van der Waals surface area contributed by atoms with Gasteiger partial charge in [0.15, 0.2) is 5.78 Å². The summed E-state index contributed by atoms with van der Waals surface area (Å²) in [5, 5.41) is 3.31. The molecule has 2 rings (SSSR count). The third-order valence-corrected chi connectivity index (χ3v) is 3.78. The summed E-state index contributed by atoms with van der Waals surface area (Å²) in [6.45, 7) is 10.2. The standard InChI is InChI=1S/C16H24N2O2/c1-4-20-15-6-5-12(2)11-14(15)16(19)13(3)18-9-7-17-8-10-18/h5-6,11,13,17H,4,7-10H2,1-3H3. The fourth-order valence-corrected chi connectivity index (χ4v) is 2.58. The lowest BCUT2D eigenvalue weighted by atomic mass is 10.0. The van der Waals surface area contributed by atoms with Crippen molar-refractivity contribution >= 4 is 5.78 Å². The van der Waals surface area contributed by atoms with Crippen molar-refractivity contribution < 1.29 is 9.53 Å². The molecule has 0 aliphatic carbocycles. The summed E-state index contributed by atoms with van der Waals surface area (Å²) in [6, 6.07) is 5.72. The molecule has 0 radical (unpaired) electrons. The zero-order chi connectivity index (χ0) is 14.5. The van der Waals surface area contributed by atoms with E-state index in [1.165, 1.54) is 0 Å². The molecule has 1 heterocycles. The van der Waals surface area contributed by atoms with Gasteiger partial charge in [-0.1, -0.05) is 11.6 Å². The van der Waals surface area contributed by atoms with Gasteiger partial charge in [-0.05, 0) is 32.9 Å². The maximum Gasteiger partial charge on any atom is 0.183 e. The van der Waals surface area contributed by atoms with Gasteiger partial charge >= 0.3 is 0 Å². The minimum absolute atomic E-state index is 0.0990. The number of carbonyl (C=O) groups is 1. The predicted octanol–water partition coefficient (Wildman–Crippen LogP) is 1.87. The van der Waals surface area contributed by atoms with Crippen LogP contribution in [0.2, 0.25) is 0 Å². The van der Waals surface area contributed by atoms with Gasteiger partial charge in [-0.15, -0.1) is 0 Å². The molecule has 110 valence electrons. The fourth-order valence-electron chi connectivity index (χ4n) is 2.58. The Morgan fingerprint density at radius 3 is 2.75 bits per heavy atom. The number of hydrogen-bond donors (Lipinski definition) is 1. The lowest BCUT2D eigenvalue weighted by molar-refractivity contribution is 0.0816. The first-order valence-electron chi connectivity index (χ1n) is 7.36. The minimum atomic E-state index is -0.0990. The maximum atomic E-state index is 12.7. The second kappa shape index (κ2) is 6.86. The highest BCUT2D eigenvalue weighted by molar-refractivity contribution is 6.02. The average Bonchev–Trinajstić information content (AvgIpc) is 2.48. The van der Waals surface area contributed by atoms with E-state index < -0.39 is 0 Å². The van der Waals surface area contributed by atoms with Crippen LogP contribution in [0, 0.1) is 6.92 Å². The Kier molecular flexibility index (Phi) is 5.15. The molecular weight excluding hydrogens is 252 g/mol. The molecule has 4 nitrogen and oxygen atoms in total. The van der Waals surface area contributed by atoms with Crippen LogP contribution in [0.4, 0.5) is 0 Å². The Labute approximate surface area is 121 Å². The minimum Gasteiger partial charge on any atom is -0.493 e. The molecule has 20 heavy (non-hydrogen) atoms. The van der Waals surface area contributed by atoms with Crippen LogP contribution in [-0.4, -0.2) is 49.5 Å². The highest BCUT2D eigenvalue weighted by Crippen LogP contribution is 2.23. The van der Waals surface area contributed by atoms with Gasteiger partial charge < -0.3 is 10.1 Å². The molecule has 1 aromatic carbocycles. The lowest BCUT2D eigenvalue weighted by Gasteiger charge is -2.32. The second-order valence-corrected chi connectivity index (χ2v) is 5.26. The number of nitrogens with one attached hydrogen (secondary N) is 1. The van der Waals surface area contributed by atoms with E-state index in [9.17, 15) is 4.79 Å². The number of nitrogens with zero attached hydrogens (tertiary/aromatic N) is 1. The number of Topliss-reactive ketones (excluding diaryl/α,β-unsaturated/α-hetero) is 1. The van der Waals surface area contributed by atoms with Crippen LogP contribution in [0.1, 0.15) is 29.8 Å². The highest BCUT2D eigenvalue weighted by atomic mass is 16.5. The van der Waals surface area contributed by atoms with Gasteiger partial charge in [0.1, 0.15) is 5.75 Å². The van der Waals surface area contributed by atoms with Crippen LogP contribution in [0.3, 0.4) is 0 Å². The van der Waals surface area contributed by atoms with Gasteiger partial charge in [0.05, 0.1) is 18.2 Å². The summed E-state index contributed by atoms with van der Waals surface area (Å²) in [7, 11) is 0. The van der Waals surface area contributed by atoms with Crippen molar-refractivity contribution in [2.24, 2.45) is 0 Å². The van der Waals surface area contributed by atoms with Gasteiger partial charge in [0.2, 0.25) is 0 Å². The van der Waals surface area contributed by atoms with E-state index in [1.54, 1.807) is 0 Å². The Hall–Kier alpha value is -1.39. The third-order valence-electron chi connectivity index (χ3n) is 3.78. The van der Waals surface area contributed by atoms with Crippen molar-refractivity contribution in [2.45, 2.75) is 26.8 Å². The summed E-state index contributed by atoms with van der Waals surface area (Å²) in [5.74, 6) is 0.851. The van der Waals surface area contributed by atoms with E-state index in [-0.39, 0.29) is 11.8 Å². The van der Waals surface area contributed by atoms with Gasteiger partial charge in [-0.25, -0.2) is 0 Å². The van der Waals surface area contributed by atoms with Crippen LogP contribution in [0.5, 0.6) is 5.75 Å². The summed E-state index contributed by atoms with van der Waals surface area (Å²) in [5.41, 5.74) is 1.79. The van der Waals surface area contributed by atoms with E-state index in [0.29, 0.717) is 17.9 Å². The molecule has 0 saturated carbocycles. The fraction of sp³-hybridized carbons (Fsp3) is 0.562. The number of hydrogen-bond acceptors (Lipinski definition) is 4. The highest BCUT2D eigenvalue weighted by Gasteiger charge is 2.25.